The lowest BCUT2D eigenvalue weighted by atomic mass is 10.1. The first-order chi connectivity index (χ1) is 12.8. The van der Waals surface area contributed by atoms with Gasteiger partial charge in [-0.15, -0.1) is 0 Å². The zero-order valence-corrected chi connectivity index (χ0v) is 13.8. The highest BCUT2D eigenvalue weighted by atomic mass is 16.1. The number of H-pyrrole nitrogens is 1. The highest BCUT2D eigenvalue weighted by molar-refractivity contribution is 6.08. The molecule has 6 nitrogen and oxygen atoms in total. The molecule has 26 heavy (non-hydrogen) atoms. The van der Waals surface area contributed by atoms with Gasteiger partial charge in [-0.1, -0.05) is 42.5 Å². The minimum absolute atomic E-state index is 0.214. The van der Waals surface area contributed by atoms with Crippen molar-refractivity contribution in [3.05, 3.63) is 85.1 Å². The van der Waals surface area contributed by atoms with E-state index in [1.165, 1.54) is 12.5 Å². The Bertz CT molecular complexity index is 1010. The molecule has 4 rings (SSSR count). The van der Waals surface area contributed by atoms with Crippen molar-refractivity contribution >= 4 is 11.6 Å². The summed E-state index contributed by atoms with van der Waals surface area (Å²) in [7, 11) is 0. The zero-order valence-electron chi connectivity index (χ0n) is 13.8. The number of hydrogen-bond donors (Lipinski definition) is 2. The number of aromatic nitrogens is 4. The largest absolute Gasteiger partial charge is 0.322 e. The number of benzene rings is 2. The Morgan fingerprint density at radius 3 is 2.27 bits per heavy atom. The maximum absolute atomic E-state index is 12.6. The quantitative estimate of drug-likeness (QED) is 0.591. The smallest absolute Gasteiger partial charge is 0.259 e. The van der Waals surface area contributed by atoms with Gasteiger partial charge in [-0.05, 0) is 17.7 Å². The average molecular weight is 341 g/mol. The fourth-order valence-corrected chi connectivity index (χ4v) is 2.68. The molecule has 0 fully saturated rings. The van der Waals surface area contributed by atoms with E-state index in [1.807, 2.05) is 54.6 Å². The first kappa shape index (κ1) is 15.7. The molecule has 2 N–H and O–H groups in total. The fraction of sp³-hybridized carbons (Fsp3) is 0. The number of carbonyl (C=O) groups is 1. The molecule has 126 valence electrons. The number of nitrogens with one attached hydrogen (secondary N) is 2. The summed E-state index contributed by atoms with van der Waals surface area (Å²) in [5.74, 6) is -0.214. The minimum atomic E-state index is -0.214. The van der Waals surface area contributed by atoms with Crippen LogP contribution in [-0.4, -0.2) is 26.1 Å². The Morgan fingerprint density at radius 1 is 0.808 bits per heavy atom. The average Bonchev–Trinajstić information content (AvgIpc) is 3.20. The summed E-state index contributed by atoms with van der Waals surface area (Å²) in [5.41, 5.74) is 4.71. The summed E-state index contributed by atoms with van der Waals surface area (Å²) in [6.45, 7) is 0. The van der Waals surface area contributed by atoms with Crippen molar-refractivity contribution < 1.29 is 4.79 Å². The fourth-order valence-electron chi connectivity index (χ4n) is 2.68. The highest BCUT2D eigenvalue weighted by Gasteiger charge is 2.15. The second-order valence-electron chi connectivity index (χ2n) is 5.68. The van der Waals surface area contributed by atoms with Gasteiger partial charge in [0, 0.05) is 29.2 Å². The molecule has 0 aliphatic heterocycles. The number of carbonyl (C=O) groups excluding carboxylic acids is 1. The summed E-state index contributed by atoms with van der Waals surface area (Å²) < 4.78 is 0. The van der Waals surface area contributed by atoms with Crippen LogP contribution in [-0.2, 0) is 0 Å². The predicted octanol–water partition coefficient (Wildman–Crippen LogP) is 3.79. The van der Waals surface area contributed by atoms with E-state index in [2.05, 4.69) is 25.5 Å². The number of rotatable bonds is 4. The van der Waals surface area contributed by atoms with Crippen molar-refractivity contribution in [2.45, 2.75) is 0 Å². The number of nitrogens with zero attached hydrogens (tertiary/aromatic N) is 3. The van der Waals surface area contributed by atoms with Crippen molar-refractivity contribution in [2.75, 3.05) is 5.32 Å². The molecule has 2 aromatic heterocycles. The standard InChI is InChI=1S/C20H15N5O/c26-20(18-12-23-25-19(18)15-4-2-1-3-5-15)24-17-8-6-14(7-9-17)16-10-21-13-22-11-16/h1-13H,(H,23,25)(H,24,26). The molecule has 0 saturated heterocycles. The Kier molecular flexibility index (Phi) is 4.22. The van der Waals surface area contributed by atoms with Gasteiger partial charge in [0.25, 0.3) is 5.91 Å². The van der Waals surface area contributed by atoms with Gasteiger partial charge in [-0.3, -0.25) is 9.89 Å². The molecule has 0 saturated carbocycles. The van der Waals surface area contributed by atoms with Gasteiger partial charge < -0.3 is 5.32 Å². The van der Waals surface area contributed by atoms with Crippen LogP contribution in [0.3, 0.4) is 0 Å². The molecule has 0 aliphatic carbocycles. The molecule has 0 spiro atoms. The van der Waals surface area contributed by atoms with E-state index < -0.39 is 0 Å². The molecule has 2 heterocycles. The molecule has 1 amide bonds. The molecule has 0 atom stereocenters. The topological polar surface area (TPSA) is 83.6 Å². The number of anilines is 1. The van der Waals surface area contributed by atoms with Crippen molar-refractivity contribution in [3.8, 4) is 22.4 Å². The maximum Gasteiger partial charge on any atom is 0.259 e. The minimum Gasteiger partial charge on any atom is -0.322 e. The summed E-state index contributed by atoms with van der Waals surface area (Å²) >= 11 is 0. The van der Waals surface area contributed by atoms with Crippen LogP contribution in [0.4, 0.5) is 5.69 Å². The second kappa shape index (κ2) is 6.98. The normalized spacial score (nSPS) is 10.5. The lowest BCUT2D eigenvalue weighted by Gasteiger charge is -2.07. The van der Waals surface area contributed by atoms with Crippen LogP contribution in [0, 0.1) is 0 Å². The van der Waals surface area contributed by atoms with Gasteiger partial charge in [-0.25, -0.2) is 9.97 Å². The lowest BCUT2D eigenvalue weighted by molar-refractivity contribution is 0.102. The molecular weight excluding hydrogens is 326 g/mol. The molecule has 0 aliphatic rings. The van der Waals surface area contributed by atoms with Gasteiger partial charge in [0.05, 0.1) is 17.5 Å². The van der Waals surface area contributed by atoms with Crippen LogP contribution in [0.1, 0.15) is 10.4 Å². The molecular formula is C20H15N5O. The van der Waals surface area contributed by atoms with E-state index in [4.69, 9.17) is 0 Å². The van der Waals surface area contributed by atoms with E-state index in [-0.39, 0.29) is 5.91 Å². The first-order valence-corrected chi connectivity index (χ1v) is 8.07. The molecule has 0 radical (unpaired) electrons. The van der Waals surface area contributed by atoms with Gasteiger partial charge >= 0.3 is 0 Å². The van der Waals surface area contributed by atoms with Crippen LogP contribution < -0.4 is 5.32 Å². The van der Waals surface area contributed by atoms with Gasteiger partial charge in [0.1, 0.15) is 6.33 Å². The highest BCUT2D eigenvalue weighted by Crippen LogP contribution is 2.23. The predicted molar refractivity (Wildman–Crippen MR) is 99.4 cm³/mol. The molecule has 0 bridgehead atoms. The van der Waals surface area contributed by atoms with Crippen molar-refractivity contribution in [3.63, 3.8) is 0 Å². The van der Waals surface area contributed by atoms with E-state index in [0.29, 0.717) is 16.9 Å². The van der Waals surface area contributed by atoms with Crippen LogP contribution in [0.5, 0.6) is 0 Å². The number of hydrogen-bond acceptors (Lipinski definition) is 4. The summed E-state index contributed by atoms with van der Waals surface area (Å²) in [6, 6.07) is 17.2. The Hall–Kier alpha value is -3.80. The van der Waals surface area contributed by atoms with Crippen LogP contribution >= 0.6 is 0 Å². The van der Waals surface area contributed by atoms with Crippen LogP contribution in [0.25, 0.3) is 22.4 Å². The first-order valence-electron chi connectivity index (χ1n) is 8.07. The monoisotopic (exact) mass is 341 g/mol. The van der Waals surface area contributed by atoms with E-state index >= 15 is 0 Å². The van der Waals surface area contributed by atoms with E-state index in [0.717, 1.165) is 16.7 Å². The van der Waals surface area contributed by atoms with E-state index in [1.54, 1.807) is 12.4 Å². The summed E-state index contributed by atoms with van der Waals surface area (Å²) in [6.07, 6.45) is 6.52. The van der Waals surface area contributed by atoms with Crippen LogP contribution in [0.2, 0.25) is 0 Å². The summed E-state index contributed by atoms with van der Waals surface area (Å²) in [5, 5.41) is 9.81. The van der Waals surface area contributed by atoms with Gasteiger partial charge in [-0.2, -0.15) is 5.10 Å². The third kappa shape index (κ3) is 3.21. The van der Waals surface area contributed by atoms with Crippen molar-refractivity contribution in [1.82, 2.24) is 20.2 Å². The third-order valence-electron chi connectivity index (χ3n) is 3.98. The van der Waals surface area contributed by atoms with Gasteiger partial charge in [0.15, 0.2) is 0 Å². The maximum atomic E-state index is 12.6. The van der Waals surface area contributed by atoms with Crippen molar-refractivity contribution in [1.29, 1.82) is 0 Å². The summed E-state index contributed by atoms with van der Waals surface area (Å²) in [4.78, 5) is 20.7. The Morgan fingerprint density at radius 2 is 1.54 bits per heavy atom. The lowest BCUT2D eigenvalue weighted by Crippen LogP contribution is -2.12. The van der Waals surface area contributed by atoms with Gasteiger partial charge in [0.2, 0.25) is 0 Å². The molecule has 4 aromatic rings. The Balaban J connectivity index is 1.54. The Labute approximate surface area is 150 Å². The molecule has 0 unspecified atom stereocenters. The SMILES string of the molecule is O=C(Nc1ccc(-c2cncnc2)cc1)c1cn[nH]c1-c1ccccc1. The zero-order chi connectivity index (χ0) is 17.8. The van der Waals surface area contributed by atoms with Crippen molar-refractivity contribution in [2.24, 2.45) is 0 Å². The number of aromatic amines is 1. The molecule has 2 aromatic carbocycles. The second-order valence-corrected chi connectivity index (χ2v) is 5.68. The van der Waals surface area contributed by atoms with Crippen LogP contribution in [0.15, 0.2) is 79.5 Å². The number of amides is 1. The van der Waals surface area contributed by atoms with E-state index in [9.17, 15) is 4.79 Å². The molecule has 6 heteroatoms. The third-order valence-corrected chi connectivity index (χ3v) is 3.98.